The summed E-state index contributed by atoms with van der Waals surface area (Å²) in [4.78, 5) is 12.0. The maximum Gasteiger partial charge on any atom is 0.159 e. The maximum atomic E-state index is 12.0. The van der Waals surface area contributed by atoms with Crippen molar-refractivity contribution in [2.75, 3.05) is 0 Å². The molecule has 1 atom stereocenters. The second-order valence-corrected chi connectivity index (χ2v) is 5.87. The highest BCUT2D eigenvalue weighted by molar-refractivity contribution is 5.95. The van der Waals surface area contributed by atoms with Crippen molar-refractivity contribution in [1.29, 1.82) is 0 Å². The van der Waals surface area contributed by atoms with Gasteiger partial charge >= 0.3 is 0 Å². The molecular weight excluding hydrogens is 184 g/mol. The first kappa shape index (κ1) is 10.9. The van der Waals surface area contributed by atoms with Crippen molar-refractivity contribution in [2.24, 2.45) is 11.3 Å². The van der Waals surface area contributed by atoms with Crippen molar-refractivity contribution in [3.8, 4) is 0 Å². The molecule has 2 aliphatic carbocycles. The van der Waals surface area contributed by atoms with Gasteiger partial charge in [-0.1, -0.05) is 26.3 Å². The Kier molecular flexibility index (Phi) is 2.99. The van der Waals surface area contributed by atoms with E-state index in [1.54, 1.807) is 0 Å². The largest absolute Gasteiger partial charge is 0.295 e. The van der Waals surface area contributed by atoms with E-state index < -0.39 is 0 Å². The first-order valence-electron chi connectivity index (χ1n) is 6.31. The summed E-state index contributed by atoms with van der Waals surface area (Å²) >= 11 is 0. The van der Waals surface area contributed by atoms with E-state index in [4.69, 9.17) is 0 Å². The zero-order valence-electron chi connectivity index (χ0n) is 10.0. The number of allylic oxidation sites excluding steroid dienone is 2. The molecule has 1 saturated carbocycles. The standard InChI is InChI=1S/C14H22O/c1-11-4-6-12(7-5-11)13(15)10-14(2)8-3-9-14/h6,11H,3-5,7-10H2,1-2H3. The van der Waals surface area contributed by atoms with Crippen LogP contribution in [0.4, 0.5) is 0 Å². The molecule has 1 fully saturated rings. The first-order valence-corrected chi connectivity index (χ1v) is 6.31. The van der Waals surface area contributed by atoms with E-state index in [0.717, 1.165) is 30.8 Å². The second kappa shape index (κ2) is 4.11. The lowest BCUT2D eigenvalue weighted by atomic mass is 9.66. The molecule has 2 rings (SSSR count). The zero-order valence-corrected chi connectivity index (χ0v) is 10.0. The highest BCUT2D eigenvalue weighted by Gasteiger charge is 2.34. The predicted molar refractivity (Wildman–Crippen MR) is 62.7 cm³/mol. The van der Waals surface area contributed by atoms with E-state index in [1.165, 1.54) is 25.7 Å². The van der Waals surface area contributed by atoms with Crippen LogP contribution in [0.3, 0.4) is 0 Å². The van der Waals surface area contributed by atoms with Crippen LogP contribution in [-0.2, 0) is 4.79 Å². The van der Waals surface area contributed by atoms with Crippen LogP contribution in [0.2, 0.25) is 0 Å². The van der Waals surface area contributed by atoms with Crippen LogP contribution in [-0.4, -0.2) is 5.78 Å². The molecule has 0 bridgehead atoms. The Morgan fingerprint density at radius 3 is 2.73 bits per heavy atom. The highest BCUT2D eigenvalue weighted by Crippen LogP contribution is 2.44. The third-order valence-corrected chi connectivity index (χ3v) is 4.18. The van der Waals surface area contributed by atoms with Crippen LogP contribution in [0.1, 0.15) is 58.8 Å². The van der Waals surface area contributed by atoms with E-state index in [9.17, 15) is 4.79 Å². The van der Waals surface area contributed by atoms with Gasteiger partial charge in [-0.05, 0) is 49.0 Å². The summed E-state index contributed by atoms with van der Waals surface area (Å²) in [6, 6.07) is 0. The molecule has 1 nitrogen and oxygen atoms in total. The van der Waals surface area contributed by atoms with Gasteiger partial charge in [0.1, 0.15) is 0 Å². The molecule has 0 radical (unpaired) electrons. The molecule has 2 aliphatic rings. The van der Waals surface area contributed by atoms with Gasteiger partial charge in [-0.15, -0.1) is 0 Å². The number of rotatable bonds is 3. The molecule has 1 unspecified atom stereocenters. The molecule has 15 heavy (non-hydrogen) atoms. The normalized spacial score (nSPS) is 29.2. The maximum absolute atomic E-state index is 12.0. The van der Waals surface area contributed by atoms with Crippen LogP contribution in [0.25, 0.3) is 0 Å². The third kappa shape index (κ3) is 2.50. The number of carbonyl (C=O) groups is 1. The van der Waals surface area contributed by atoms with Crippen LogP contribution >= 0.6 is 0 Å². The molecule has 0 amide bonds. The Morgan fingerprint density at radius 1 is 1.53 bits per heavy atom. The topological polar surface area (TPSA) is 17.1 Å². The SMILES string of the molecule is CC1CC=C(C(=O)CC2(C)CCC2)CC1. The summed E-state index contributed by atoms with van der Waals surface area (Å²) in [7, 11) is 0. The van der Waals surface area contributed by atoms with Gasteiger partial charge in [0.25, 0.3) is 0 Å². The van der Waals surface area contributed by atoms with Crippen LogP contribution < -0.4 is 0 Å². The molecule has 0 aromatic heterocycles. The van der Waals surface area contributed by atoms with Crippen LogP contribution in [0.15, 0.2) is 11.6 Å². The monoisotopic (exact) mass is 206 g/mol. The molecule has 0 aliphatic heterocycles. The van der Waals surface area contributed by atoms with Gasteiger partial charge < -0.3 is 0 Å². The average Bonchev–Trinajstić information content (AvgIpc) is 2.16. The molecule has 0 aromatic carbocycles. The van der Waals surface area contributed by atoms with Crippen molar-refractivity contribution in [1.82, 2.24) is 0 Å². The quantitative estimate of drug-likeness (QED) is 0.685. The lowest BCUT2D eigenvalue weighted by Crippen LogP contribution is -2.29. The number of ketones is 1. The van der Waals surface area contributed by atoms with Crippen molar-refractivity contribution in [3.05, 3.63) is 11.6 Å². The fraction of sp³-hybridized carbons (Fsp3) is 0.786. The van der Waals surface area contributed by atoms with Gasteiger partial charge in [0.15, 0.2) is 5.78 Å². The number of hydrogen-bond acceptors (Lipinski definition) is 1. The van der Waals surface area contributed by atoms with Gasteiger partial charge in [-0.2, -0.15) is 0 Å². The Balaban J connectivity index is 1.91. The Bertz CT molecular complexity index is 284. The predicted octanol–water partition coefficient (Wildman–Crippen LogP) is 3.88. The minimum Gasteiger partial charge on any atom is -0.295 e. The molecule has 0 N–H and O–H groups in total. The first-order chi connectivity index (χ1) is 7.09. The van der Waals surface area contributed by atoms with E-state index >= 15 is 0 Å². The minimum atomic E-state index is 0.348. The number of Topliss-reactive ketones (excluding diaryl/α,β-unsaturated/α-hetero) is 1. The number of carbonyl (C=O) groups excluding carboxylic acids is 1. The molecule has 1 heteroatoms. The summed E-state index contributed by atoms with van der Waals surface area (Å²) in [6.07, 6.45) is 10.2. The molecule has 0 aromatic rings. The van der Waals surface area contributed by atoms with Crippen LogP contribution in [0, 0.1) is 11.3 Å². The van der Waals surface area contributed by atoms with Gasteiger partial charge in [-0.25, -0.2) is 0 Å². The average molecular weight is 206 g/mol. The van der Waals surface area contributed by atoms with Crippen LogP contribution in [0.5, 0.6) is 0 Å². The molecular formula is C14H22O. The Labute approximate surface area is 92.9 Å². The fourth-order valence-electron chi connectivity index (χ4n) is 2.68. The van der Waals surface area contributed by atoms with Gasteiger partial charge in [0.05, 0.1) is 0 Å². The minimum absolute atomic E-state index is 0.348. The van der Waals surface area contributed by atoms with Gasteiger partial charge in [-0.3, -0.25) is 4.79 Å². The Hall–Kier alpha value is -0.590. The van der Waals surface area contributed by atoms with Gasteiger partial charge in [0, 0.05) is 6.42 Å². The van der Waals surface area contributed by atoms with E-state index in [-0.39, 0.29) is 0 Å². The van der Waals surface area contributed by atoms with E-state index in [1.807, 2.05) is 0 Å². The summed E-state index contributed by atoms with van der Waals surface area (Å²) < 4.78 is 0. The molecule has 0 saturated heterocycles. The summed E-state index contributed by atoms with van der Waals surface area (Å²) in [5, 5.41) is 0. The summed E-state index contributed by atoms with van der Waals surface area (Å²) in [5.41, 5.74) is 1.47. The number of hydrogen-bond donors (Lipinski definition) is 0. The van der Waals surface area contributed by atoms with Crippen molar-refractivity contribution in [3.63, 3.8) is 0 Å². The summed E-state index contributed by atoms with van der Waals surface area (Å²) in [5.74, 6) is 1.21. The van der Waals surface area contributed by atoms with Crippen molar-refractivity contribution in [2.45, 2.75) is 58.8 Å². The second-order valence-electron chi connectivity index (χ2n) is 5.87. The van der Waals surface area contributed by atoms with Crippen molar-refractivity contribution < 1.29 is 4.79 Å². The van der Waals surface area contributed by atoms with Crippen molar-refractivity contribution >= 4 is 5.78 Å². The van der Waals surface area contributed by atoms with E-state index in [0.29, 0.717) is 11.2 Å². The Morgan fingerprint density at radius 2 is 2.27 bits per heavy atom. The molecule has 84 valence electrons. The van der Waals surface area contributed by atoms with E-state index in [2.05, 4.69) is 19.9 Å². The summed E-state index contributed by atoms with van der Waals surface area (Å²) in [6.45, 7) is 4.53. The highest BCUT2D eigenvalue weighted by atomic mass is 16.1. The smallest absolute Gasteiger partial charge is 0.159 e. The molecule has 0 spiro atoms. The van der Waals surface area contributed by atoms with Gasteiger partial charge in [0.2, 0.25) is 0 Å². The molecule has 0 heterocycles. The lowest BCUT2D eigenvalue weighted by Gasteiger charge is -2.38. The lowest BCUT2D eigenvalue weighted by molar-refractivity contribution is -0.119. The fourth-order valence-corrected chi connectivity index (χ4v) is 2.68. The third-order valence-electron chi connectivity index (χ3n) is 4.18. The zero-order chi connectivity index (χ0) is 10.9.